The van der Waals surface area contributed by atoms with Crippen LogP contribution in [0.1, 0.15) is 0 Å². The first-order valence-electron chi connectivity index (χ1n) is 1.51. The molecular formula is H4BK2O7P. The maximum Gasteiger partial charge on any atom is 1.00 e. The van der Waals surface area contributed by atoms with Crippen molar-refractivity contribution in [2.75, 3.05) is 0 Å². The molecule has 7 nitrogen and oxygen atoms in total. The zero-order valence-electron chi connectivity index (χ0n) is 6.04. The third-order valence-corrected chi connectivity index (χ3v) is 0. The molecule has 11 heteroatoms. The summed E-state index contributed by atoms with van der Waals surface area (Å²) < 4.78 is 8.88. The van der Waals surface area contributed by atoms with Crippen molar-refractivity contribution in [3.05, 3.63) is 0 Å². The van der Waals surface area contributed by atoms with Crippen LogP contribution in [0.25, 0.3) is 0 Å². The molecular weight excluding hydrogens is 232 g/mol. The molecule has 0 rings (SSSR count). The summed E-state index contributed by atoms with van der Waals surface area (Å²) >= 11 is 0. The molecule has 0 spiro atoms. The van der Waals surface area contributed by atoms with Gasteiger partial charge in [0.25, 0.3) is 0 Å². The van der Waals surface area contributed by atoms with E-state index in [1.54, 1.807) is 0 Å². The third kappa shape index (κ3) is 154. The van der Waals surface area contributed by atoms with Crippen molar-refractivity contribution in [3.63, 3.8) is 0 Å². The SMILES string of the molecule is O=P(O)(O)O.[K+].[K+].[O-]B([O-])O. The van der Waals surface area contributed by atoms with Crippen LogP contribution in [0.3, 0.4) is 0 Å². The van der Waals surface area contributed by atoms with E-state index < -0.39 is 15.1 Å². The predicted molar refractivity (Wildman–Crippen MR) is 22.2 cm³/mol. The van der Waals surface area contributed by atoms with Gasteiger partial charge < -0.3 is 29.8 Å². The molecule has 0 amide bonds. The van der Waals surface area contributed by atoms with Crippen molar-refractivity contribution in [2.24, 2.45) is 0 Å². The minimum atomic E-state index is -4.64. The Hall–Kier alpha value is 3.33. The number of hydrogen-bond acceptors (Lipinski definition) is 4. The van der Waals surface area contributed by atoms with E-state index in [0.29, 0.717) is 0 Å². The van der Waals surface area contributed by atoms with Gasteiger partial charge in [-0.1, -0.05) is 0 Å². The summed E-state index contributed by atoms with van der Waals surface area (Å²) in [6.07, 6.45) is 0. The first-order valence-corrected chi connectivity index (χ1v) is 3.08. The molecule has 0 atom stereocenters. The van der Waals surface area contributed by atoms with Gasteiger partial charge in [0.05, 0.1) is 7.32 Å². The molecule has 0 heterocycles. The molecule has 0 aliphatic carbocycles. The van der Waals surface area contributed by atoms with E-state index in [-0.39, 0.29) is 103 Å². The summed E-state index contributed by atoms with van der Waals surface area (Å²) in [6, 6.07) is 0. The normalized spacial score (nSPS) is 7.82. The van der Waals surface area contributed by atoms with Crippen LogP contribution in [0.15, 0.2) is 0 Å². The quantitative estimate of drug-likeness (QED) is 0.241. The second-order valence-corrected chi connectivity index (χ2v) is 1.85. The molecule has 0 aliphatic heterocycles. The van der Waals surface area contributed by atoms with E-state index in [1.807, 2.05) is 0 Å². The number of phosphoric acid groups is 1. The molecule has 0 bridgehead atoms. The summed E-state index contributed by atoms with van der Waals surface area (Å²) in [7, 11) is -7.31. The smallest absolute Gasteiger partial charge is 0.871 e. The van der Waals surface area contributed by atoms with Gasteiger partial charge in [0.15, 0.2) is 0 Å². The number of hydrogen-bond donors (Lipinski definition) is 4. The largest absolute Gasteiger partial charge is 1.00 e. The zero-order valence-corrected chi connectivity index (χ0v) is 13.2. The van der Waals surface area contributed by atoms with Crippen molar-refractivity contribution in [1.82, 2.24) is 0 Å². The zero-order chi connectivity index (χ0) is 8.08. The van der Waals surface area contributed by atoms with Gasteiger partial charge in [-0.2, -0.15) is 0 Å². The van der Waals surface area contributed by atoms with Crippen molar-refractivity contribution in [3.8, 4) is 0 Å². The first kappa shape index (κ1) is 23.9. The Bertz CT molecular complexity index is 87.6. The third-order valence-electron chi connectivity index (χ3n) is 0. The van der Waals surface area contributed by atoms with Crippen LogP contribution >= 0.6 is 7.82 Å². The summed E-state index contributed by atoms with van der Waals surface area (Å²) in [5, 5.41) is 24.0. The van der Waals surface area contributed by atoms with Crippen LogP contribution in [0.2, 0.25) is 0 Å². The predicted octanol–water partition coefficient (Wildman–Crippen LogP) is -10.2. The maximum atomic E-state index is 8.88. The van der Waals surface area contributed by atoms with E-state index in [4.69, 9.17) is 34.3 Å². The van der Waals surface area contributed by atoms with Crippen LogP contribution in [0.4, 0.5) is 0 Å². The minimum Gasteiger partial charge on any atom is -0.871 e. The van der Waals surface area contributed by atoms with Crippen LogP contribution in [0, 0.1) is 0 Å². The van der Waals surface area contributed by atoms with E-state index in [1.165, 1.54) is 0 Å². The van der Waals surface area contributed by atoms with Crippen LogP contribution < -0.4 is 113 Å². The van der Waals surface area contributed by atoms with Gasteiger partial charge in [0, 0.05) is 0 Å². The summed E-state index contributed by atoms with van der Waals surface area (Å²) in [5.41, 5.74) is 0. The van der Waals surface area contributed by atoms with E-state index in [0.717, 1.165) is 0 Å². The molecule has 0 fully saturated rings. The molecule has 0 radical (unpaired) electrons. The fraction of sp³-hybridized carbons (Fsp3) is 0. The Morgan fingerprint density at radius 3 is 1.09 bits per heavy atom. The van der Waals surface area contributed by atoms with Crippen LogP contribution in [-0.4, -0.2) is 27.0 Å². The molecule has 0 aromatic rings. The summed E-state index contributed by atoms with van der Waals surface area (Å²) in [4.78, 5) is 21.6. The van der Waals surface area contributed by atoms with Gasteiger partial charge in [-0.3, -0.25) is 0 Å². The van der Waals surface area contributed by atoms with Gasteiger partial charge in [0.2, 0.25) is 0 Å². The Morgan fingerprint density at radius 1 is 1.09 bits per heavy atom. The summed E-state index contributed by atoms with van der Waals surface area (Å²) in [6.45, 7) is 0. The molecule has 0 saturated heterocycles. The molecule has 0 aromatic carbocycles. The Morgan fingerprint density at radius 2 is 1.09 bits per heavy atom. The van der Waals surface area contributed by atoms with E-state index in [2.05, 4.69) is 0 Å². The molecule has 0 unspecified atom stereocenters. The second kappa shape index (κ2) is 13.3. The molecule has 4 N–H and O–H groups in total. The first-order chi connectivity index (χ1) is 3.73. The molecule has 0 aromatic heterocycles. The Labute approximate surface area is 148 Å². The average molecular weight is 236 g/mol. The van der Waals surface area contributed by atoms with Gasteiger partial charge in [0.1, 0.15) is 0 Å². The maximum absolute atomic E-state index is 8.88. The van der Waals surface area contributed by atoms with Crippen LogP contribution in [-0.2, 0) is 4.57 Å². The summed E-state index contributed by atoms with van der Waals surface area (Å²) in [5.74, 6) is 0. The second-order valence-electron chi connectivity index (χ2n) is 0.820. The Balaban J connectivity index is -0.0000000383. The van der Waals surface area contributed by atoms with Crippen LogP contribution in [0.5, 0.6) is 0 Å². The van der Waals surface area contributed by atoms with E-state index >= 15 is 0 Å². The Kier molecular flexibility index (Phi) is 28.9. The van der Waals surface area contributed by atoms with Crippen molar-refractivity contribution in [1.29, 1.82) is 0 Å². The van der Waals surface area contributed by atoms with Crippen molar-refractivity contribution >= 4 is 15.1 Å². The van der Waals surface area contributed by atoms with Gasteiger partial charge in [-0.25, -0.2) is 4.57 Å². The molecule has 56 valence electrons. The van der Waals surface area contributed by atoms with E-state index in [9.17, 15) is 0 Å². The molecule has 0 saturated carbocycles. The monoisotopic (exact) mass is 236 g/mol. The average Bonchev–Trinajstić information content (AvgIpc) is 1.19. The number of rotatable bonds is 0. The minimum absolute atomic E-state index is 0. The molecule has 11 heavy (non-hydrogen) atoms. The van der Waals surface area contributed by atoms with Gasteiger partial charge >= 0.3 is 111 Å². The van der Waals surface area contributed by atoms with Gasteiger partial charge in [-0.15, -0.1) is 0 Å². The topological polar surface area (TPSA) is 144 Å². The van der Waals surface area contributed by atoms with Gasteiger partial charge in [-0.05, 0) is 0 Å². The molecule has 0 aliphatic rings. The fourth-order valence-corrected chi connectivity index (χ4v) is 0. The standard InChI is InChI=1S/BHO3.2K.H3O4P/c2-1(3)4;;;1-5(2,3)4/h2H;;;(H3,1,2,3,4)/q-2;2*+1;. The fourth-order valence-electron chi connectivity index (χ4n) is 0. The van der Waals surface area contributed by atoms with Crippen molar-refractivity contribution in [2.45, 2.75) is 0 Å². The van der Waals surface area contributed by atoms with Crippen molar-refractivity contribution < 1.29 is 137 Å².